The van der Waals surface area contributed by atoms with Crippen LogP contribution in [0.1, 0.15) is 18.3 Å². The molecule has 0 aliphatic rings. The molecule has 0 spiro atoms. The van der Waals surface area contributed by atoms with Gasteiger partial charge in [-0.05, 0) is 36.5 Å². The lowest BCUT2D eigenvalue weighted by atomic mass is 10.1. The van der Waals surface area contributed by atoms with Crippen molar-refractivity contribution in [2.75, 3.05) is 18.9 Å². The monoisotopic (exact) mass is 356 g/mol. The molecule has 3 aromatic rings. The molecule has 0 atom stereocenters. The number of carbonyl (C=O) groups excluding carboxylic acids is 1. The molecule has 1 aromatic carbocycles. The maximum absolute atomic E-state index is 12.3. The summed E-state index contributed by atoms with van der Waals surface area (Å²) in [7, 11) is 1.82. The van der Waals surface area contributed by atoms with E-state index in [-0.39, 0.29) is 18.0 Å². The van der Waals surface area contributed by atoms with Gasteiger partial charge >= 0.3 is 0 Å². The third-order valence-electron chi connectivity index (χ3n) is 3.87. The van der Waals surface area contributed by atoms with Crippen LogP contribution in [0.5, 0.6) is 0 Å². The standard InChI is InChI=1S/C18H20N4O2S/c1-3-12-6-4-5-7-13(12)20-16(23)11-22(2)10-15-19-14-8-9-25-17(14)18(24)21-15/h4-9H,3,10-11H2,1-2H3,(H,20,23)(H,19,21,24). The largest absolute Gasteiger partial charge is 0.325 e. The van der Waals surface area contributed by atoms with Crippen LogP contribution < -0.4 is 10.9 Å². The van der Waals surface area contributed by atoms with E-state index in [0.29, 0.717) is 22.6 Å². The normalized spacial score (nSPS) is 11.2. The Morgan fingerprint density at radius 3 is 2.92 bits per heavy atom. The van der Waals surface area contributed by atoms with Crippen LogP contribution in [-0.4, -0.2) is 34.4 Å². The number of thiophene rings is 1. The summed E-state index contributed by atoms with van der Waals surface area (Å²) < 4.78 is 0.625. The van der Waals surface area contributed by atoms with Gasteiger partial charge in [0.05, 0.1) is 18.6 Å². The maximum Gasteiger partial charge on any atom is 0.268 e. The number of anilines is 1. The number of benzene rings is 1. The van der Waals surface area contributed by atoms with Gasteiger partial charge in [-0.3, -0.25) is 14.5 Å². The number of aromatic nitrogens is 2. The smallest absolute Gasteiger partial charge is 0.268 e. The quantitative estimate of drug-likeness (QED) is 0.712. The van der Waals surface area contributed by atoms with Gasteiger partial charge < -0.3 is 10.3 Å². The number of fused-ring (bicyclic) bond motifs is 1. The summed E-state index contributed by atoms with van der Waals surface area (Å²) in [4.78, 5) is 33.3. The zero-order chi connectivity index (χ0) is 17.8. The number of aromatic amines is 1. The minimum Gasteiger partial charge on any atom is -0.325 e. The van der Waals surface area contributed by atoms with E-state index in [4.69, 9.17) is 0 Å². The third kappa shape index (κ3) is 4.12. The van der Waals surface area contributed by atoms with Crippen molar-refractivity contribution in [2.45, 2.75) is 19.9 Å². The van der Waals surface area contributed by atoms with Crippen LogP contribution in [0.15, 0.2) is 40.5 Å². The first-order valence-electron chi connectivity index (χ1n) is 8.09. The van der Waals surface area contributed by atoms with Crippen LogP contribution in [0.4, 0.5) is 5.69 Å². The SMILES string of the molecule is CCc1ccccc1NC(=O)CN(C)Cc1nc2ccsc2c(=O)[nH]1. The second kappa shape index (κ2) is 7.58. The first-order chi connectivity index (χ1) is 12.1. The molecule has 0 aliphatic heterocycles. The molecule has 0 fully saturated rings. The Morgan fingerprint density at radius 1 is 1.32 bits per heavy atom. The molecule has 7 heteroatoms. The molecular formula is C18H20N4O2S. The van der Waals surface area contributed by atoms with E-state index in [0.717, 1.165) is 17.7 Å². The zero-order valence-corrected chi connectivity index (χ0v) is 15.0. The van der Waals surface area contributed by atoms with Crippen molar-refractivity contribution in [3.63, 3.8) is 0 Å². The van der Waals surface area contributed by atoms with Crippen LogP contribution in [0.2, 0.25) is 0 Å². The van der Waals surface area contributed by atoms with Gasteiger partial charge in [0.25, 0.3) is 5.56 Å². The van der Waals surface area contributed by atoms with Crippen molar-refractivity contribution in [1.82, 2.24) is 14.9 Å². The second-order valence-corrected chi connectivity index (χ2v) is 6.79. The van der Waals surface area contributed by atoms with Gasteiger partial charge in [0.2, 0.25) is 5.91 Å². The number of para-hydroxylation sites is 1. The van der Waals surface area contributed by atoms with Gasteiger partial charge in [0, 0.05) is 5.69 Å². The Morgan fingerprint density at radius 2 is 2.12 bits per heavy atom. The first kappa shape index (κ1) is 17.3. The summed E-state index contributed by atoms with van der Waals surface area (Å²) in [5.41, 5.74) is 2.50. The van der Waals surface area contributed by atoms with Gasteiger partial charge in [-0.15, -0.1) is 11.3 Å². The number of carbonyl (C=O) groups is 1. The molecule has 2 N–H and O–H groups in total. The van der Waals surface area contributed by atoms with E-state index in [1.165, 1.54) is 11.3 Å². The number of hydrogen-bond acceptors (Lipinski definition) is 5. The summed E-state index contributed by atoms with van der Waals surface area (Å²) >= 11 is 1.37. The summed E-state index contributed by atoms with van der Waals surface area (Å²) in [5, 5.41) is 4.79. The predicted molar refractivity (Wildman–Crippen MR) is 101 cm³/mol. The fraction of sp³-hybridized carbons (Fsp3) is 0.278. The van der Waals surface area contributed by atoms with Gasteiger partial charge in [-0.25, -0.2) is 4.98 Å². The minimum absolute atomic E-state index is 0.0950. The van der Waals surface area contributed by atoms with Crippen molar-refractivity contribution < 1.29 is 4.79 Å². The van der Waals surface area contributed by atoms with Crippen molar-refractivity contribution in [2.24, 2.45) is 0 Å². The van der Waals surface area contributed by atoms with Crippen molar-refractivity contribution >= 4 is 33.1 Å². The molecule has 3 rings (SSSR count). The highest BCUT2D eigenvalue weighted by Gasteiger charge is 2.11. The van der Waals surface area contributed by atoms with Gasteiger partial charge in [0.1, 0.15) is 10.5 Å². The molecule has 1 amide bonds. The first-order valence-corrected chi connectivity index (χ1v) is 8.97. The minimum atomic E-state index is -0.135. The van der Waals surface area contributed by atoms with E-state index < -0.39 is 0 Å². The molecule has 0 aliphatic carbocycles. The number of nitrogens with zero attached hydrogens (tertiary/aromatic N) is 2. The molecule has 2 aromatic heterocycles. The Bertz CT molecular complexity index is 947. The highest BCUT2D eigenvalue weighted by atomic mass is 32.1. The Balaban J connectivity index is 1.64. The van der Waals surface area contributed by atoms with Crippen LogP contribution in [0, 0.1) is 0 Å². The Labute approximate surface area is 149 Å². The molecule has 0 unspecified atom stereocenters. The highest BCUT2D eigenvalue weighted by Crippen LogP contribution is 2.16. The molecule has 0 saturated carbocycles. The van der Waals surface area contributed by atoms with Crippen LogP contribution in [0.3, 0.4) is 0 Å². The molecule has 6 nitrogen and oxygen atoms in total. The van der Waals surface area contributed by atoms with E-state index in [1.807, 2.05) is 47.7 Å². The molecule has 130 valence electrons. The lowest BCUT2D eigenvalue weighted by Crippen LogP contribution is -2.31. The topological polar surface area (TPSA) is 78.1 Å². The van der Waals surface area contributed by atoms with Crippen LogP contribution in [-0.2, 0) is 17.8 Å². The number of amides is 1. The second-order valence-electron chi connectivity index (χ2n) is 5.88. The number of hydrogen-bond donors (Lipinski definition) is 2. The average molecular weight is 356 g/mol. The lowest BCUT2D eigenvalue weighted by Gasteiger charge is -2.16. The van der Waals surface area contributed by atoms with Crippen molar-refractivity contribution in [3.05, 3.63) is 57.5 Å². The van der Waals surface area contributed by atoms with Gasteiger partial charge in [-0.2, -0.15) is 0 Å². The fourth-order valence-corrected chi connectivity index (χ4v) is 3.42. The number of likely N-dealkylation sites (N-methyl/N-ethyl adjacent to an activating group) is 1. The van der Waals surface area contributed by atoms with Crippen molar-refractivity contribution in [3.8, 4) is 0 Å². The summed E-state index contributed by atoms with van der Waals surface area (Å²) in [6.45, 7) is 2.66. The number of nitrogens with one attached hydrogen (secondary N) is 2. The van der Waals surface area contributed by atoms with Gasteiger partial charge in [-0.1, -0.05) is 25.1 Å². The highest BCUT2D eigenvalue weighted by molar-refractivity contribution is 7.17. The zero-order valence-electron chi connectivity index (χ0n) is 14.2. The fourth-order valence-electron chi connectivity index (χ4n) is 2.69. The predicted octanol–water partition coefficient (Wildman–Crippen LogP) is 2.62. The van der Waals surface area contributed by atoms with Crippen LogP contribution >= 0.6 is 11.3 Å². The molecule has 0 saturated heterocycles. The van der Waals surface area contributed by atoms with Crippen LogP contribution in [0.25, 0.3) is 10.2 Å². The molecule has 0 radical (unpaired) electrons. The van der Waals surface area contributed by atoms with E-state index in [9.17, 15) is 9.59 Å². The average Bonchev–Trinajstić information content (AvgIpc) is 3.04. The summed E-state index contributed by atoms with van der Waals surface area (Å²) in [5.74, 6) is 0.461. The number of aryl methyl sites for hydroxylation is 1. The molecule has 0 bridgehead atoms. The van der Waals surface area contributed by atoms with E-state index in [1.54, 1.807) is 0 Å². The Kier molecular flexibility index (Phi) is 5.25. The lowest BCUT2D eigenvalue weighted by molar-refractivity contribution is -0.117. The molecule has 25 heavy (non-hydrogen) atoms. The molecular weight excluding hydrogens is 336 g/mol. The number of rotatable bonds is 6. The van der Waals surface area contributed by atoms with Crippen molar-refractivity contribution in [1.29, 1.82) is 0 Å². The van der Waals surface area contributed by atoms with Gasteiger partial charge in [0.15, 0.2) is 0 Å². The van der Waals surface area contributed by atoms with E-state index >= 15 is 0 Å². The van der Waals surface area contributed by atoms with E-state index in [2.05, 4.69) is 22.2 Å². The third-order valence-corrected chi connectivity index (χ3v) is 4.77. The number of H-pyrrole nitrogens is 1. The Hall–Kier alpha value is -2.51. The summed E-state index contributed by atoms with van der Waals surface area (Å²) in [6, 6.07) is 9.60. The summed E-state index contributed by atoms with van der Waals surface area (Å²) in [6.07, 6.45) is 0.859. The molecule has 2 heterocycles. The maximum atomic E-state index is 12.3.